The van der Waals surface area contributed by atoms with Gasteiger partial charge in [-0.3, -0.25) is 0 Å². The van der Waals surface area contributed by atoms with E-state index in [1.165, 1.54) is 19.3 Å². The molecule has 0 bridgehead atoms. The molecular formula is C13H24. The molecule has 0 nitrogen and oxygen atoms in total. The van der Waals surface area contributed by atoms with E-state index in [0.29, 0.717) is 5.41 Å². The molecule has 1 saturated carbocycles. The van der Waals surface area contributed by atoms with Gasteiger partial charge in [-0.2, -0.15) is 0 Å². The summed E-state index contributed by atoms with van der Waals surface area (Å²) in [4.78, 5) is 0. The van der Waals surface area contributed by atoms with Crippen LogP contribution in [0.1, 0.15) is 53.9 Å². The molecule has 1 aliphatic rings. The van der Waals surface area contributed by atoms with Gasteiger partial charge in [-0.05, 0) is 43.4 Å². The zero-order chi connectivity index (χ0) is 10.1. The van der Waals surface area contributed by atoms with Gasteiger partial charge in [0.05, 0.1) is 0 Å². The second-order valence-electron chi connectivity index (χ2n) is 5.50. The van der Waals surface area contributed by atoms with Crippen molar-refractivity contribution in [3.8, 4) is 0 Å². The fourth-order valence-electron chi connectivity index (χ4n) is 2.11. The van der Waals surface area contributed by atoms with E-state index in [1.807, 2.05) is 0 Å². The molecule has 0 heteroatoms. The Morgan fingerprint density at radius 2 is 1.92 bits per heavy atom. The average molecular weight is 180 g/mol. The van der Waals surface area contributed by atoms with Crippen LogP contribution >= 0.6 is 0 Å². The van der Waals surface area contributed by atoms with E-state index >= 15 is 0 Å². The first kappa shape index (κ1) is 10.8. The summed E-state index contributed by atoms with van der Waals surface area (Å²) in [6, 6.07) is 0. The van der Waals surface area contributed by atoms with Crippen LogP contribution in [0.25, 0.3) is 0 Å². The Hall–Kier alpha value is -0.260. The number of allylic oxidation sites excluding steroid dienone is 2. The third kappa shape index (κ3) is 2.86. The molecule has 0 saturated heterocycles. The van der Waals surface area contributed by atoms with Crippen LogP contribution in [0, 0.1) is 17.3 Å². The van der Waals surface area contributed by atoms with Crippen molar-refractivity contribution in [1.29, 1.82) is 0 Å². The van der Waals surface area contributed by atoms with E-state index in [1.54, 1.807) is 5.57 Å². The van der Waals surface area contributed by atoms with Gasteiger partial charge in [-0.15, -0.1) is 0 Å². The monoisotopic (exact) mass is 180 g/mol. The van der Waals surface area contributed by atoms with Gasteiger partial charge in [0.15, 0.2) is 0 Å². The Bertz CT molecular complexity index is 192. The molecule has 0 aliphatic heterocycles. The Morgan fingerprint density at radius 3 is 2.31 bits per heavy atom. The number of hydrogen-bond acceptors (Lipinski definition) is 0. The van der Waals surface area contributed by atoms with Gasteiger partial charge in [0.2, 0.25) is 0 Å². The predicted octanol–water partition coefficient (Wildman–Crippen LogP) is 4.42. The van der Waals surface area contributed by atoms with Gasteiger partial charge in [-0.1, -0.05) is 39.3 Å². The molecule has 1 fully saturated rings. The molecule has 0 N–H and O–H groups in total. The minimum Gasteiger partial charge on any atom is -0.0797 e. The van der Waals surface area contributed by atoms with Gasteiger partial charge in [0, 0.05) is 0 Å². The summed E-state index contributed by atoms with van der Waals surface area (Å²) in [6.07, 6.45) is 6.57. The highest BCUT2D eigenvalue weighted by atomic mass is 14.3. The third-order valence-corrected chi connectivity index (χ3v) is 3.55. The van der Waals surface area contributed by atoms with Crippen LogP contribution in [-0.2, 0) is 0 Å². The molecule has 0 heterocycles. The maximum absolute atomic E-state index is 2.49. The number of rotatable bonds is 3. The van der Waals surface area contributed by atoms with Gasteiger partial charge in [0.1, 0.15) is 0 Å². The summed E-state index contributed by atoms with van der Waals surface area (Å²) in [5, 5.41) is 0. The zero-order valence-electron chi connectivity index (χ0n) is 9.85. The SMILES string of the molecule is CCC(C)(C)C=C(C)C1CC(C)C1. The summed E-state index contributed by atoms with van der Waals surface area (Å²) in [5.41, 5.74) is 2.04. The summed E-state index contributed by atoms with van der Waals surface area (Å²) in [6.45, 7) is 11.6. The van der Waals surface area contributed by atoms with Crippen molar-refractivity contribution in [2.75, 3.05) is 0 Å². The molecule has 0 aromatic rings. The van der Waals surface area contributed by atoms with Crippen LogP contribution in [0.5, 0.6) is 0 Å². The van der Waals surface area contributed by atoms with Crippen LogP contribution in [0.4, 0.5) is 0 Å². The Kier molecular flexibility index (Phi) is 3.21. The molecule has 1 aliphatic carbocycles. The van der Waals surface area contributed by atoms with Gasteiger partial charge >= 0.3 is 0 Å². The smallest absolute Gasteiger partial charge is 0.0175 e. The van der Waals surface area contributed by atoms with Gasteiger partial charge < -0.3 is 0 Å². The normalized spacial score (nSPS) is 30.1. The van der Waals surface area contributed by atoms with Crippen LogP contribution in [0.2, 0.25) is 0 Å². The van der Waals surface area contributed by atoms with Crippen molar-refractivity contribution in [1.82, 2.24) is 0 Å². The Labute approximate surface area is 83.4 Å². The topological polar surface area (TPSA) is 0 Å². The average Bonchev–Trinajstić information content (AvgIpc) is 1.98. The van der Waals surface area contributed by atoms with E-state index in [-0.39, 0.29) is 0 Å². The van der Waals surface area contributed by atoms with E-state index in [4.69, 9.17) is 0 Å². The molecule has 0 unspecified atom stereocenters. The van der Waals surface area contributed by atoms with Crippen LogP contribution < -0.4 is 0 Å². The molecular weight excluding hydrogens is 156 g/mol. The lowest BCUT2D eigenvalue weighted by Crippen LogP contribution is -2.23. The quantitative estimate of drug-likeness (QED) is 0.564. The number of hydrogen-bond donors (Lipinski definition) is 0. The third-order valence-electron chi connectivity index (χ3n) is 3.55. The highest BCUT2D eigenvalue weighted by Gasteiger charge is 2.27. The molecule has 1 rings (SSSR count). The van der Waals surface area contributed by atoms with Crippen LogP contribution in [-0.4, -0.2) is 0 Å². The fraction of sp³-hybridized carbons (Fsp3) is 0.846. The molecule has 0 atom stereocenters. The lowest BCUT2D eigenvalue weighted by molar-refractivity contribution is 0.246. The summed E-state index contributed by atoms with van der Waals surface area (Å²) in [7, 11) is 0. The van der Waals surface area contributed by atoms with Crippen molar-refractivity contribution in [2.24, 2.45) is 17.3 Å². The van der Waals surface area contributed by atoms with Crippen molar-refractivity contribution < 1.29 is 0 Å². The predicted molar refractivity (Wildman–Crippen MR) is 59.7 cm³/mol. The Balaban J connectivity index is 2.51. The molecule has 0 spiro atoms. The summed E-state index contributed by atoms with van der Waals surface area (Å²) >= 11 is 0. The zero-order valence-corrected chi connectivity index (χ0v) is 9.85. The van der Waals surface area contributed by atoms with Crippen molar-refractivity contribution in [3.05, 3.63) is 11.6 Å². The first-order chi connectivity index (χ1) is 5.94. The molecule has 0 aromatic carbocycles. The largest absolute Gasteiger partial charge is 0.0797 e. The summed E-state index contributed by atoms with van der Waals surface area (Å²) < 4.78 is 0. The molecule has 13 heavy (non-hydrogen) atoms. The minimum atomic E-state index is 0.406. The summed E-state index contributed by atoms with van der Waals surface area (Å²) in [5.74, 6) is 1.87. The first-order valence-corrected chi connectivity index (χ1v) is 5.64. The first-order valence-electron chi connectivity index (χ1n) is 5.64. The van der Waals surface area contributed by atoms with Crippen molar-refractivity contribution >= 4 is 0 Å². The maximum atomic E-state index is 2.49. The standard InChI is InChI=1S/C13H24/c1-6-13(4,5)9-11(3)12-7-10(2)8-12/h9-10,12H,6-8H2,1-5H3. The lowest BCUT2D eigenvalue weighted by Gasteiger charge is -2.35. The van der Waals surface area contributed by atoms with E-state index in [9.17, 15) is 0 Å². The van der Waals surface area contributed by atoms with Gasteiger partial charge in [-0.25, -0.2) is 0 Å². The van der Waals surface area contributed by atoms with Crippen molar-refractivity contribution in [2.45, 2.75) is 53.9 Å². The molecule has 0 aromatic heterocycles. The second-order valence-corrected chi connectivity index (χ2v) is 5.50. The Morgan fingerprint density at radius 1 is 1.38 bits per heavy atom. The van der Waals surface area contributed by atoms with Crippen LogP contribution in [0.3, 0.4) is 0 Å². The van der Waals surface area contributed by atoms with E-state index in [2.05, 4.69) is 40.7 Å². The highest BCUT2D eigenvalue weighted by molar-refractivity contribution is 5.11. The van der Waals surface area contributed by atoms with Crippen molar-refractivity contribution in [3.63, 3.8) is 0 Å². The lowest BCUT2D eigenvalue weighted by atomic mass is 9.71. The van der Waals surface area contributed by atoms with Crippen LogP contribution in [0.15, 0.2) is 11.6 Å². The van der Waals surface area contributed by atoms with E-state index in [0.717, 1.165) is 11.8 Å². The highest BCUT2D eigenvalue weighted by Crippen LogP contribution is 2.39. The van der Waals surface area contributed by atoms with Gasteiger partial charge in [0.25, 0.3) is 0 Å². The maximum Gasteiger partial charge on any atom is -0.0175 e. The molecule has 0 radical (unpaired) electrons. The van der Waals surface area contributed by atoms with E-state index < -0.39 is 0 Å². The molecule has 0 amide bonds. The second kappa shape index (κ2) is 3.86. The minimum absolute atomic E-state index is 0.406. The fourth-order valence-corrected chi connectivity index (χ4v) is 2.11. The molecule has 76 valence electrons.